The molecule has 1 amide bonds. The van der Waals surface area contributed by atoms with Crippen LogP contribution in [0.4, 0.5) is 4.39 Å². The second-order valence-corrected chi connectivity index (χ2v) is 8.24. The Kier molecular flexibility index (Phi) is 4.85. The summed E-state index contributed by atoms with van der Waals surface area (Å²) in [6.45, 7) is 5.77. The van der Waals surface area contributed by atoms with Gasteiger partial charge in [-0.2, -0.15) is 4.31 Å². The summed E-state index contributed by atoms with van der Waals surface area (Å²) in [6, 6.07) is 3.74. The van der Waals surface area contributed by atoms with Crippen LogP contribution in [0.1, 0.15) is 27.4 Å². The third-order valence-corrected chi connectivity index (χ3v) is 6.43. The number of hydrogen-bond donors (Lipinski definition) is 0. The molecule has 1 aromatic carbocycles. The lowest BCUT2D eigenvalue weighted by molar-refractivity contribution is 0.0695. The second-order valence-electron chi connectivity index (χ2n) is 6.31. The number of sulfonamides is 1. The number of nitrogens with zero attached hydrogens (tertiary/aromatic N) is 3. The van der Waals surface area contributed by atoms with Gasteiger partial charge in [0.1, 0.15) is 17.1 Å². The molecule has 7 nitrogen and oxygen atoms in total. The number of aryl methyl sites for hydroxylation is 3. The predicted octanol–water partition coefficient (Wildman–Crippen LogP) is 1.89. The van der Waals surface area contributed by atoms with Crippen molar-refractivity contribution in [3.63, 3.8) is 0 Å². The van der Waals surface area contributed by atoms with Crippen LogP contribution in [-0.2, 0) is 10.0 Å². The monoisotopic (exact) mass is 381 g/mol. The molecule has 0 spiro atoms. The number of benzene rings is 1. The van der Waals surface area contributed by atoms with E-state index in [0.29, 0.717) is 17.0 Å². The van der Waals surface area contributed by atoms with Crippen LogP contribution >= 0.6 is 0 Å². The molecule has 26 heavy (non-hydrogen) atoms. The number of rotatable bonds is 3. The fraction of sp³-hybridized carbons (Fsp3) is 0.412. The molecular weight excluding hydrogens is 361 g/mol. The normalized spacial score (nSPS) is 16.1. The summed E-state index contributed by atoms with van der Waals surface area (Å²) in [5.41, 5.74) is 1.22. The van der Waals surface area contributed by atoms with E-state index in [-0.39, 0.29) is 42.5 Å². The zero-order chi connectivity index (χ0) is 19.1. The van der Waals surface area contributed by atoms with Crippen LogP contribution < -0.4 is 0 Å². The highest BCUT2D eigenvalue weighted by molar-refractivity contribution is 7.89. The summed E-state index contributed by atoms with van der Waals surface area (Å²) in [5.74, 6) is -0.209. The van der Waals surface area contributed by atoms with Crippen molar-refractivity contribution in [3.05, 3.63) is 46.6 Å². The van der Waals surface area contributed by atoms with E-state index in [1.54, 1.807) is 18.7 Å². The molecule has 9 heteroatoms. The van der Waals surface area contributed by atoms with Crippen LogP contribution in [-0.4, -0.2) is 54.9 Å². The van der Waals surface area contributed by atoms with Crippen molar-refractivity contribution in [2.45, 2.75) is 25.7 Å². The summed E-state index contributed by atoms with van der Waals surface area (Å²) >= 11 is 0. The number of amides is 1. The van der Waals surface area contributed by atoms with E-state index in [9.17, 15) is 17.6 Å². The molecule has 0 bridgehead atoms. The van der Waals surface area contributed by atoms with Crippen LogP contribution in [0.5, 0.6) is 0 Å². The van der Waals surface area contributed by atoms with E-state index in [2.05, 4.69) is 5.16 Å². The Labute approximate surface area is 151 Å². The van der Waals surface area contributed by atoms with Crippen LogP contribution in [0.15, 0.2) is 27.6 Å². The van der Waals surface area contributed by atoms with Gasteiger partial charge >= 0.3 is 0 Å². The van der Waals surface area contributed by atoms with Crippen molar-refractivity contribution in [3.8, 4) is 0 Å². The Hall–Kier alpha value is -2.26. The quantitative estimate of drug-likeness (QED) is 0.811. The Morgan fingerprint density at radius 2 is 1.81 bits per heavy atom. The number of piperazine rings is 1. The highest BCUT2D eigenvalue weighted by Crippen LogP contribution is 2.22. The summed E-state index contributed by atoms with van der Waals surface area (Å²) in [7, 11) is -3.72. The molecule has 3 rings (SSSR count). The van der Waals surface area contributed by atoms with E-state index < -0.39 is 15.8 Å². The smallest absolute Gasteiger partial charge is 0.259 e. The molecule has 1 fully saturated rings. The van der Waals surface area contributed by atoms with Gasteiger partial charge in [-0.1, -0.05) is 5.16 Å². The number of halogens is 1. The van der Waals surface area contributed by atoms with Crippen LogP contribution in [0.2, 0.25) is 0 Å². The molecule has 1 aliphatic rings. The largest absolute Gasteiger partial charge is 0.361 e. The summed E-state index contributed by atoms with van der Waals surface area (Å²) < 4.78 is 45.2. The maximum absolute atomic E-state index is 13.4. The molecule has 0 saturated carbocycles. The van der Waals surface area contributed by atoms with Crippen molar-refractivity contribution in [1.29, 1.82) is 0 Å². The van der Waals surface area contributed by atoms with E-state index in [1.807, 2.05) is 0 Å². The number of aromatic nitrogens is 1. The Morgan fingerprint density at radius 3 is 2.35 bits per heavy atom. The van der Waals surface area contributed by atoms with E-state index in [0.717, 1.165) is 6.07 Å². The molecule has 1 saturated heterocycles. The van der Waals surface area contributed by atoms with Gasteiger partial charge in [-0.15, -0.1) is 0 Å². The topological polar surface area (TPSA) is 83.7 Å². The zero-order valence-corrected chi connectivity index (χ0v) is 15.6. The first-order valence-electron chi connectivity index (χ1n) is 8.20. The van der Waals surface area contributed by atoms with E-state index in [4.69, 9.17) is 4.52 Å². The number of carbonyl (C=O) groups excluding carboxylic acids is 1. The summed E-state index contributed by atoms with van der Waals surface area (Å²) in [5, 5.41) is 3.78. The van der Waals surface area contributed by atoms with E-state index in [1.165, 1.54) is 23.4 Å². The summed E-state index contributed by atoms with van der Waals surface area (Å²) in [6.07, 6.45) is 0. The third kappa shape index (κ3) is 3.24. The molecule has 0 N–H and O–H groups in total. The van der Waals surface area contributed by atoms with Gasteiger partial charge in [0.15, 0.2) is 0 Å². The fourth-order valence-corrected chi connectivity index (χ4v) is 4.51. The van der Waals surface area contributed by atoms with Gasteiger partial charge in [-0.05, 0) is 44.5 Å². The standard InChI is InChI=1S/C17H20FN3O4S/c1-11-10-14(4-5-15(11)18)26(23,24)21-8-6-20(7-9-21)17(22)16-12(2)19-25-13(16)3/h4-5,10H,6-9H2,1-3H3. The van der Waals surface area contributed by atoms with Gasteiger partial charge in [0.25, 0.3) is 5.91 Å². The van der Waals surface area contributed by atoms with Crippen molar-refractivity contribution in [2.75, 3.05) is 26.2 Å². The molecule has 2 aromatic rings. The third-order valence-electron chi connectivity index (χ3n) is 4.54. The van der Waals surface area contributed by atoms with Crippen molar-refractivity contribution in [1.82, 2.24) is 14.4 Å². The van der Waals surface area contributed by atoms with Gasteiger partial charge in [0.05, 0.1) is 10.6 Å². The van der Waals surface area contributed by atoms with E-state index >= 15 is 0 Å². The highest BCUT2D eigenvalue weighted by Gasteiger charge is 2.32. The molecule has 1 aromatic heterocycles. The lowest BCUT2D eigenvalue weighted by atomic mass is 10.1. The van der Waals surface area contributed by atoms with Gasteiger partial charge in [-0.25, -0.2) is 12.8 Å². The highest BCUT2D eigenvalue weighted by atomic mass is 32.2. The first-order valence-corrected chi connectivity index (χ1v) is 9.64. The van der Waals surface area contributed by atoms with Gasteiger partial charge in [0, 0.05) is 26.2 Å². The molecule has 0 radical (unpaired) electrons. The SMILES string of the molecule is Cc1cc(S(=O)(=O)N2CCN(C(=O)c3c(C)noc3C)CC2)ccc1F. The first kappa shape index (κ1) is 18.5. The lowest BCUT2D eigenvalue weighted by Crippen LogP contribution is -2.50. The molecule has 1 aliphatic heterocycles. The molecule has 140 valence electrons. The van der Waals surface area contributed by atoms with Crippen LogP contribution in [0.3, 0.4) is 0 Å². The zero-order valence-electron chi connectivity index (χ0n) is 14.8. The Balaban J connectivity index is 1.73. The molecule has 0 aliphatic carbocycles. The van der Waals surface area contributed by atoms with Gasteiger partial charge in [-0.3, -0.25) is 4.79 Å². The van der Waals surface area contributed by atoms with Crippen molar-refractivity contribution < 1.29 is 22.1 Å². The molecule has 0 unspecified atom stereocenters. The van der Waals surface area contributed by atoms with Gasteiger partial charge < -0.3 is 9.42 Å². The maximum atomic E-state index is 13.4. The second kappa shape index (κ2) is 6.81. The van der Waals surface area contributed by atoms with Gasteiger partial charge in [0.2, 0.25) is 10.0 Å². The molecule has 2 heterocycles. The lowest BCUT2D eigenvalue weighted by Gasteiger charge is -2.34. The minimum atomic E-state index is -3.72. The number of hydrogen-bond acceptors (Lipinski definition) is 5. The average molecular weight is 381 g/mol. The van der Waals surface area contributed by atoms with Crippen molar-refractivity contribution >= 4 is 15.9 Å². The first-order chi connectivity index (χ1) is 12.2. The van der Waals surface area contributed by atoms with Crippen LogP contribution in [0.25, 0.3) is 0 Å². The van der Waals surface area contributed by atoms with Crippen molar-refractivity contribution in [2.24, 2.45) is 0 Å². The average Bonchev–Trinajstić information content (AvgIpc) is 2.95. The maximum Gasteiger partial charge on any atom is 0.259 e. The minimum absolute atomic E-state index is 0.0573. The number of carbonyl (C=O) groups is 1. The molecular formula is C17H20FN3O4S. The predicted molar refractivity (Wildman–Crippen MR) is 91.8 cm³/mol. The van der Waals surface area contributed by atoms with Crippen LogP contribution in [0, 0.1) is 26.6 Å². The summed E-state index contributed by atoms with van der Waals surface area (Å²) in [4.78, 5) is 14.3. The minimum Gasteiger partial charge on any atom is -0.361 e. The Morgan fingerprint density at radius 1 is 1.15 bits per heavy atom. The fourth-order valence-electron chi connectivity index (χ4n) is 3.00. The molecule has 0 atom stereocenters. The Bertz CT molecular complexity index is 927.